The van der Waals surface area contributed by atoms with E-state index in [0.717, 1.165) is 44.9 Å². The normalized spacial score (nSPS) is 15.1. The Balaban J connectivity index is 0.00000288. The zero-order chi connectivity index (χ0) is 16.9. The topological polar surface area (TPSA) is 105 Å². The number of hydrogen-bond acceptors (Lipinski definition) is 6. The molecule has 0 amide bonds. The summed E-state index contributed by atoms with van der Waals surface area (Å²) in [5, 5.41) is 14.4. The van der Waals surface area contributed by atoms with E-state index in [2.05, 4.69) is 14.9 Å². The summed E-state index contributed by atoms with van der Waals surface area (Å²) >= 11 is 5.76. The molecule has 0 atom stereocenters. The molecule has 1 aromatic rings. The van der Waals surface area contributed by atoms with E-state index in [1.165, 1.54) is 6.07 Å². The van der Waals surface area contributed by atoms with Crippen molar-refractivity contribution in [3.8, 4) is 0 Å². The summed E-state index contributed by atoms with van der Waals surface area (Å²) in [4.78, 5) is 12.1. The van der Waals surface area contributed by atoms with Crippen LogP contribution < -0.4 is 10.0 Å². The van der Waals surface area contributed by atoms with Crippen LogP contribution in [0.4, 0.5) is 5.69 Å². The highest BCUT2D eigenvalue weighted by Crippen LogP contribution is 2.26. The minimum atomic E-state index is -3.97. The third kappa shape index (κ3) is 7.22. The molecule has 2 N–H and O–H groups in total. The first kappa shape index (κ1) is 24.3. The van der Waals surface area contributed by atoms with Crippen LogP contribution in [0.25, 0.3) is 0 Å². The lowest BCUT2D eigenvalue weighted by Gasteiger charge is -2.27. The van der Waals surface area contributed by atoms with Gasteiger partial charge in [0.1, 0.15) is 0 Å². The smallest absolute Gasteiger partial charge is 0.289 e. The summed E-state index contributed by atoms with van der Waals surface area (Å²) in [6.45, 7) is 4.73. The molecule has 0 bridgehead atoms. The number of nitro groups is 1. The lowest BCUT2D eigenvalue weighted by atomic mass is 10.3. The van der Waals surface area contributed by atoms with Gasteiger partial charge in [-0.3, -0.25) is 10.1 Å². The first-order valence-corrected chi connectivity index (χ1v) is 9.13. The molecule has 0 unspecified atom stereocenters. The molecule has 0 saturated carbocycles. The van der Waals surface area contributed by atoms with Crippen molar-refractivity contribution in [3.63, 3.8) is 0 Å². The van der Waals surface area contributed by atoms with Crippen LogP contribution in [-0.4, -0.2) is 57.5 Å². The average Bonchev–Trinajstić information content (AvgIpc) is 2.52. The number of nitro benzene ring substituents is 1. The second-order valence-corrected chi connectivity index (χ2v) is 7.38. The van der Waals surface area contributed by atoms with Gasteiger partial charge >= 0.3 is 0 Å². The minimum absolute atomic E-state index is 0. The number of benzene rings is 1. The second kappa shape index (κ2) is 11.1. The number of nitrogens with one attached hydrogen (secondary N) is 2. The summed E-state index contributed by atoms with van der Waals surface area (Å²) in [6.07, 6.45) is 0.633. The Labute approximate surface area is 164 Å². The maximum atomic E-state index is 12.3. The third-order valence-corrected chi connectivity index (χ3v) is 5.29. The highest BCUT2D eigenvalue weighted by atomic mass is 35.5. The quantitative estimate of drug-likeness (QED) is 0.383. The van der Waals surface area contributed by atoms with Crippen molar-refractivity contribution < 1.29 is 13.3 Å². The van der Waals surface area contributed by atoms with Crippen LogP contribution in [0, 0.1) is 10.1 Å². The molecular weight excluding hydrogens is 415 g/mol. The predicted molar refractivity (Wildman–Crippen MR) is 102 cm³/mol. The monoisotopic (exact) mass is 434 g/mol. The Hall–Kier alpha value is -0.680. The second-order valence-electron chi connectivity index (χ2n) is 5.21. The molecule has 1 aromatic carbocycles. The lowest BCUT2D eigenvalue weighted by Crippen LogP contribution is -2.44. The van der Waals surface area contributed by atoms with Crippen LogP contribution >= 0.6 is 36.4 Å². The number of halogens is 3. The zero-order valence-corrected chi connectivity index (χ0v) is 16.5. The molecule has 1 heterocycles. The molecule has 25 heavy (non-hydrogen) atoms. The van der Waals surface area contributed by atoms with Gasteiger partial charge in [0.25, 0.3) is 5.69 Å². The van der Waals surface area contributed by atoms with Gasteiger partial charge in [-0.25, -0.2) is 13.1 Å². The number of piperazine rings is 1. The van der Waals surface area contributed by atoms with E-state index < -0.39 is 25.5 Å². The lowest BCUT2D eigenvalue weighted by molar-refractivity contribution is -0.387. The molecule has 1 aliphatic rings. The third-order valence-electron chi connectivity index (χ3n) is 3.56. The van der Waals surface area contributed by atoms with Gasteiger partial charge in [-0.05, 0) is 25.1 Å². The van der Waals surface area contributed by atoms with Crippen molar-refractivity contribution in [2.45, 2.75) is 11.3 Å². The van der Waals surface area contributed by atoms with Gasteiger partial charge in [0.15, 0.2) is 4.90 Å². The van der Waals surface area contributed by atoms with Crippen molar-refractivity contribution >= 4 is 52.1 Å². The van der Waals surface area contributed by atoms with E-state index in [0.29, 0.717) is 6.42 Å². The maximum absolute atomic E-state index is 12.3. The van der Waals surface area contributed by atoms with E-state index in [9.17, 15) is 18.5 Å². The average molecular weight is 436 g/mol. The van der Waals surface area contributed by atoms with Crippen LogP contribution in [0.5, 0.6) is 0 Å². The molecule has 144 valence electrons. The summed E-state index contributed by atoms with van der Waals surface area (Å²) in [5.41, 5.74) is -0.482. The number of nitrogens with zero attached hydrogens (tertiary/aromatic N) is 2. The van der Waals surface area contributed by atoms with E-state index in [-0.39, 0.29) is 36.4 Å². The van der Waals surface area contributed by atoms with E-state index in [4.69, 9.17) is 11.6 Å². The first-order chi connectivity index (χ1) is 10.9. The number of sulfonamides is 1. The molecule has 2 rings (SSSR count). The summed E-state index contributed by atoms with van der Waals surface area (Å²) < 4.78 is 26.9. The highest BCUT2D eigenvalue weighted by Gasteiger charge is 2.25. The largest absolute Gasteiger partial charge is 0.314 e. The number of rotatable bonds is 7. The van der Waals surface area contributed by atoms with Crippen molar-refractivity contribution in [3.05, 3.63) is 33.3 Å². The summed E-state index contributed by atoms with van der Waals surface area (Å²) in [7, 11) is -3.97. The highest BCUT2D eigenvalue weighted by molar-refractivity contribution is 7.89. The van der Waals surface area contributed by atoms with Gasteiger partial charge < -0.3 is 10.2 Å². The number of hydrogen-bond donors (Lipinski definition) is 2. The molecule has 0 aromatic heterocycles. The van der Waals surface area contributed by atoms with Crippen LogP contribution in [0.1, 0.15) is 6.42 Å². The maximum Gasteiger partial charge on any atom is 0.289 e. The Bertz CT molecular complexity index is 669. The van der Waals surface area contributed by atoms with Gasteiger partial charge in [0.2, 0.25) is 10.0 Å². The molecule has 12 heteroatoms. The standard InChI is InChI=1S/C13H19ClN4O4S.2ClH/c14-11-2-3-12(18(19)20)13(10-11)23(21,22)16-4-1-7-17-8-5-15-6-9-17;;/h2-3,10,15-16H,1,4-9H2;2*1H. The Morgan fingerprint density at radius 1 is 1.28 bits per heavy atom. The molecule has 1 aliphatic heterocycles. The van der Waals surface area contributed by atoms with Crippen LogP contribution in [0.15, 0.2) is 23.1 Å². The fraction of sp³-hybridized carbons (Fsp3) is 0.538. The van der Waals surface area contributed by atoms with Gasteiger partial charge in [0.05, 0.1) is 4.92 Å². The molecule has 0 radical (unpaired) electrons. The molecule has 0 aliphatic carbocycles. The van der Waals surface area contributed by atoms with Crippen LogP contribution in [0.2, 0.25) is 5.02 Å². The van der Waals surface area contributed by atoms with Crippen molar-refractivity contribution in [2.24, 2.45) is 0 Å². The van der Waals surface area contributed by atoms with E-state index in [1.807, 2.05) is 0 Å². The Morgan fingerprint density at radius 2 is 1.92 bits per heavy atom. The van der Waals surface area contributed by atoms with Crippen molar-refractivity contribution in [1.82, 2.24) is 14.9 Å². The Morgan fingerprint density at radius 3 is 2.52 bits per heavy atom. The molecule has 1 fully saturated rings. The summed E-state index contributed by atoms with van der Waals surface area (Å²) in [6, 6.07) is 3.49. The van der Waals surface area contributed by atoms with Crippen LogP contribution in [0.3, 0.4) is 0 Å². The zero-order valence-electron chi connectivity index (χ0n) is 13.3. The van der Waals surface area contributed by atoms with Crippen LogP contribution in [-0.2, 0) is 10.0 Å². The van der Waals surface area contributed by atoms with Gasteiger partial charge in [-0.1, -0.05) is 11.6 Å². The SMILES string of the molecule is Cl.Cl.O=[N+]([O-])c1ccc(Cl)cc1S(=O)(=O)NCCCN1CCNCC1. The molecule has 0 spiro atoms. The van der Waals surface area contributed by atoms with E-state index in [1.54, 1.807) is 0 Å². The van der Waals surface area contributed by atoms with Gasteiger partial charge in [0, 0.05) is 43.8 Å². The van der Waals surface area contributed by atoms with E-state index >= 15 is 0 Å². The molecular formula is C13H21Cl3N4O4S. The molecule has 1 saturated heterocycles. The minimum Gasteiger partial charge on any atom is -0.314 e. The fourth-order valence-corrected chi connectivity index (χ4v) is 3.88. The first-order valence-electron chi connectivity index (χ1n) is 7.27. The fourth-order valence-electron chi connectivity index (χ4n) is 2.38. The Kier molecular flexibility index (Phi) is 10.8. The van der Waals surface area contributed by atoms with Crippen molar-refractivity contribution in [1.29, 1.82) is 0 Å². The summed E-state index contributed by atoms with van der Waals surface area (Å²) in [5.74, 6) is 0. The van der Waals surface area contributed by atoms with Crippen molar-refractivity contribution in [2.75, 3.05) is 39.3 Å². The molecule has 8 nitrogen and oxygen atoms in total. The van der Waals surface area contributed by atoms with Gasteiger partial charge in [-0.15, -0.1) is 24.8 Å². The van der Waals surface area contributed by atoms with Gasteiger partial charge in [-0.2, -0.15) is 0 Å². The predicted octanol–water partition coefficient (Wildman–Crippen LogP) is 1.67.